The number of nitrogens with two attached hydrogens (primary N) is 1. The van der Waals surface area contributed by atoms with E-state index in [9.17, 15) is 0 Å². The first-order chi connectivity index (χ1) is 8.19. The number of nitrogens with one attached hydrogen (secondary N) is 1. The van der Waals surface area contributed by atoms with Gasteiger partial charge in [0.15, 0.2) is 0 Å². The second-order valence-electron chi connectivity index (χ2n) is 4.46. The topological polar surface area (TPSA) is 71.1 Å². The quantitative estimate of drug-likeness (QED) is 0.765. The molecule has 0 saturated carbocycles. The van der Waals surface area contributed by atoms with Crippen LogP contribution in [0.2, 0.25) is 0 Å². The van der Waals surface area contributed by atoms with E-state index < -0.39 is 0 Å². The highest BCUT2D eigenvalue weighted by Crippen LogP contribution is 2.21. The van der Waals surface area contributed by atoms with Crippen LogP contribution < -0.4 is 11.1 Å². The molecular formula is C13H17N3O. The normalized spacial score (nSPS) is 24.0. The van der Waals surface area contributed by atoms with Crippen molar-refractivity contribution >= 4 is 11.4 Å². The lowest BCUT2D eigenvalue weighted by molar-refractivity contribution is 0.0232. The van der Waals surface area contributed by atoms with Crippen LogP contribution in [0.15, 0.2) is 18.2 Å². The van der Waals surface area contributed by atoms with Crippen LogP contribution in [0.25, 0.3) is 0 Å². The highest BCUT2D eigenvalue weighted by atomic mass is 16.5. The van der Waals surface area contributed by atoms with Crippen LogP contribution in [-0.2, 0) is 4.74 Å². The molecule has 1 aromatic rings. The van der Waals surface area contributed by atoms with Crippen LogP contribution in [0, 0.1) is 11.3 Å². The molecular weight excluding hydrogens is 214 g/mol. The second kappa shape index (κ2) is 5.07. The van der Waals surface area contributed by atoms with E-state index in [-0.39, 0.29) is 0 Å². The van der Waals surface area contributed by atoms with Crippen LogP contribution in [0.5, 0.6) is 0 Å². The van der Waals surface area contributed by atoms with Crippen molar-refractivity contribution in [2.75, 3.05) is 17.7 Å². The van der Waals surface area contributed by atoms with Crippen LogP contribution in [0.4, 0.5) is 11.4 Å². The standard InChI is InChI=1S/C13H17N3O/c1-9-6-12(4-5-17-9)16-11-2-3-13(15)10(7-11)8-14/h2-3,7,9,12,16H,4-6,15H2,1H3. The van der Waals surface area contributed by atoms with Gasteiger partial charge in [0.1, 0.15) is 6.07 Å². The summed E-state index contributed by atoms with van der Waals surface area (Å²) in [7, 11) is 0. The predicted octanol–water partition coefficient (Wildman–Crippen LogP) is 2.12. The Labute approximate surface area is 101 Å². The fourth-order valence-electron chi connectivity index (χ4n) is 2.11. The molecule has 17 heavy (non-hydrogen) atoms. The summed E-state index contributed by atoms with van der Waals surface area (Å²) in [6.45, 7) is 2.87. The van der Waals surface area contributed by atoms with Crippen molar-refractivity contribution in [1.82, 2.24) is 0 Å². The van der Waals surface area contributed by atoms with Gasteiger partial charge < -0.3 is 15.8 Å². The first-order valence-corrected chi connectivity index (χ1v) is 5.87. The lowest BCUT2D eigenvalue weighted by Crippen LogP contribution is -2.32. The molecule has 1 aromatic carbocycles. The number of nitrogens with zero attached hydrogens (tertiary/aromatic N) is 1. The molecule has 2 unspecified atom stereocenters. The van der Waals surface area contributed by atoms with Gasteiger partial charge in [0, 0.05) is 24.0 Å². The van der Waals surface area contributed by atoms with E-state index >= 15 is 0 Å². The van der Waals surface area contributed by atoms with Crippen molar-refractivity contribution < 1.29 is 4.74 Å². The second-order valence-corrected chi connectivity index (χ2v) is 4.46. The Bertz CT molecular complexity index is 439. The summed E-state index contributed by atoms with van der Waals surface area (Å²) < 4.78 is 5.50. The van der Waals surface area contributed by atoms with Gasteiger partial charge in [0.05, 0.1) is 11.7 Å². The van der Waals surface area contributed by atoms with E-state index in [2.05, 4.69) is 18.3 Å². The number of hydrogen-bond acceptors (Lipinski definition) is 4. The summed E-state index contributed by atoms with van der Waals surface area (Å²) in [5.74, 6) is 0. The zero-order chi connectivity index (χ0) is 12.3. The molecule has 1 heterocycles. The van der Waals surface area contributed by atoms with Gasteiger partial charge >= 0.3 is 0 Å². The molecule has 0 amide bonds. The number of nitrogen functional groups attached to an aromatic ring is 1. The number of hydrogen-bond donors (Lipinski definition) is 2. The first-order valence-electron chi connectivity index (χ1n) is 5.87. The van der Waals surface area contributed by atoms with Crippen LogP contribution in [-0.4, -0.2) is 18.8 Å². The van der Waals surface area contributed by atoms with Crippen molar-refractivity contribution in [3.63, 3.8) is 0 Å². The number of nitriles is 1. The maximum atomic E-state index is 8.91. The lowest BCUT2D eigenvalue weighted by Gasteiger charge is -2.28. The molecule has 0 aromatic heterocycles. The lowest BCUT2D eigenvalue weighted by atomic mass is 10.0. The zero-order valence-electron chi connectivity index (χ0n) is 9.94. The summed E-state index contributed by atoms with van der Waals surface area (Å²) in [4.78, 5) is 0. The average Bonchev–Trinajstić information content (AvgIpc) is 2.32. The monoisotopic (exact) mass is 231 g/mol. The third-order valence-corrected chi connectivity index (χ3v) is 3.03. The highest BCUT2D eigenvalue weighted by molar-refractivity contribution is 5.62. The maximum absolute atomic E-state index is 8.91. The van der Waals surface area contributed by atoms with Crippen molar-refractivity contribution in [3.05, 3.63) is 23.8 Å². The summed E-state index contributed by atoms with van der Waals surface area (Å²) >= 11 is 0. The Morgan fingerprint density at radius 3 is 3.06 bits per heavy atom. The van der Waals surface area contributed by atoms with E-state index in [0.29, 0.717) is 23.4 Å². The molecule has 0 radical (unpaired) electrons. The number of benzene rings is 1. The molecule has 0 bridgehead atoms. The Morgan fingerprint density at radius 2 is 2.35 bits per heavy atom. The van der Waals surface area contributed by atoms with Gasteiger partial charge in [-0.1, -0.05) is 0 Å². The number of ether oxygens (including phenoxy) is 1. The van der Waals surface area contributed by atoms with Crippen LogP contribution in [0.1, 0.15) is 25.3 Å². The maximum Gasteiger partial charge on any atom is 0.101 e. The number of anilines is 2. The predicted molar refractivity (Wildman–Crippen MR) is 67.6 cm³/mol. The molecule has 4 nitrogen and oxygen atoms in total. The molecule has 1 aliphatic rings. The Morgan fingerprint density at radius 1 is 1.53 bits per heavy atom. The largest absolute Gasteiger partial charge is 0.398 e. The summed E-state index contributed by atoms with van der Waals surface area (Å²) in [6.07, 6.45) is 2.29. The third-order valence-electron chi connectivity index (χ3n) is 3.03. The van der Waals surface area contributed by atoms with Gasteiger partial charge in [0.25, 0.3) is 0 Å². The Hall–Kier alpha value is -1.73. The van der Waals surface area contributed by atoms with E-state index in [1.165, 1.54) is 0 Å². The van der Waals surface area contributed by atoms with Crippen molar-refractivity contribution in [2.45, 2.75) is 31.9 Å². The first kappa shape index (κ1) is 11.7. The molecule has 1 fully saturated rings. The van der Waals surface area contributed by atoms with Gasteiger partial charge in [-0.25, -0.2) is 0 Å². The minimum atomic E-state index is 0.297. The van der Waals surface area contributed by atoms with E-state index in [0.717, 1.165) is 25.1 Å². The smallest absolute Gasteiger partial charge is 0.101 e. The van der Waals surface area contributed by atoms with E-state index in [1.807, 2.05) is 6.07 Å². The zero-order valence-corrected chi connectivity index (χ0v) is 9.94. The third kappa shape index (κ3) is 2.89. The summed E-state index contributed by atoms with van der Waals surface area (Å²) in [5.41, 5.74) is 7.69. The summed E-state index contributed by atoms with van der Waals surface area (Å²) in [6, 6.07) is 7.98. The Balaban J connectivity index is 2.06. The highest BCUT2D eigenvalue weighted by Gasteiger charge is 2.19. The van der Waals surface area contributed by atoms with Gasteiger partial charge in [-0.05, 0) is 38.0 Å². The molecule has 1 saturated heterocycles. The minimum Gasteiger partial charge on any atom is -0.398 e. The fourth-order valence-corrected chi connectivity index (χ4v) is 2.11. The van der Waals surface area contributed by atoms with Crippen LogP contribution >= 0.6 is 0 Å². The fraction of sp³-hybridized carbons (Fsp3) is 0.462. The molecule has 1 aliphatic heterocycles. The summed E-state index contributed by atoms with van der Waals surface area (Å²) in [5, 5.41) is 12.3. The Kier molecular flexibility index (Phi) is 3.50. The molecule has 2 atom stereocenters. The van der Waals surface area contributed by atoms with Crippen molar-refractivity contribution in [1.29, 1.82) is 5.26 Å². The van der Waals surface area contributed by atoms with E-state index in [1.54, 1.807) is 12.1 Å². The molecule has 2 rings (SSSR count). The van der Waals surface area contributed by atoms with Crippen molar-refractivity contribution in [2.24, 2.45) is 0 Å². The number of rotatable bonds is 2. The SMILES string of the molecule is CC1CC(Nc2ccc(N)c(C#N)c2)CCO1. The minimum absolute atomic E-state index is 0.297. The molecule has 0 aliphatic carbocycles. The molecule has 4 heteroatoms. The van der Waals surface area contributed by atoms with Gasteiger partial charge in [-0.2, -0.15) is 5.26 Å². The van der Waals surface area contributed by atoms with Crippen LogP contribution in [0.3, 0.4) is 0 Å². The molecule has 3 N–H and O–H groups in total. The molecule has 0 spiro atoms. The molecule has 90 valence electrons. The van der Waals surface area contributed by atoms with Crippen molar-refractivity contribution in [3.8, 4) is 6.07 Å². The van der Waals surface area contributed by atoms with Gasteiger partial charge in [0.2, 0.25) is 0 Å². The van der Waals surface area contributed by atoms with E-state index in [4.69, 9.17) is 15.7 Å². The van der Waals surface area contributed by atoms with Gasteiger partial charge in [-0.15, -0.1) is 0 Å². The average molecular weight is 231 g/mol. The van der Waals surface area contributed by atoms with Gasteiger partial charge in [-0.3, -0.25) is 0 Å².